The van der Waals surface area contributed by atoms with Crippen LogP contribution in [-0.4, -0.2) is 18.5 Å². The molecule has 0 saturated heterocycles. The molecule has 0 aliphatic carbocycles. The zero-order valence-corrected chi connectivity index (χ0v) is 16.6. The Hall–Kier alpha value is -3.31. The predicted molar refractivity (Wildman–Crippen MR) is 113 cm³/mol. The lowest BCUT2D eigenvalue weighted by molar-refractivity contribution is 0.0526. The minimum absolute atomic E-state index is 0.288. The molecule has 1 amide bonds. The lowest BCUT2D eigenvalue weighted by Crippen LogP contribution is -2.12. The average Bonchev–Trinajstić information content (AvgIpc) is 2.74. The second-order valence-corrected chi connectivity index (χ2v) is 6.57. The minimum atomic E-state index is -0.427. The molecular weight excluding hydrogens is 390 g/mol. The minimum Gasteiger partial charge on any atom is -0.489 e. The number of hydrogen-bond donors (Lipinski definition) is 1. The fourth-order valence-corrected chi connectivity index (χ4v) is 2.81. The number of ether oxygens (including phenoxy) is 2. The van der Waals surface area contributed by atoms with Crippen molar-refractivity contribution in [2.45, 2.75) is 13.5 Å². The molecule has 6 heteroatoms. The van der Waals surface area contributed by atoms with E-state index in [0.29, 0.717) is 40.8 Å². The van der Waals surface area contributed by atoms with Gasteiger partial charge in [0.2, 0.25) is 0 Å². The number of carbonyl (C=O) groups excluding carboxylic acids is 2. The smallest absolute Gasteiger partial charge is 0.338 e. The summed E-state index contributed by atoms with van der Waals surface area (Å²) in [6, 6.07) is 20.9. The number of benzene rings is 3. The summed E-state index contributed by atoms with van der Waals surface area (Å²) in [5.41, 5.74) is 2.25. The first-order valence-corrected chi connectivity index (χ1v) is 9.49. The summed E-state index contributed by atoms with van der Waals surface area (Å²) < 4.78 is 10.7. The highest BCUT2D eigenvalue weighted by molar-refractivity contribution is 6.31. The maximum atomic E-state index is 12.5. The van der Waals surface area contributed by atoms with E-state index >= 15 is 0 Å². The van der Waals surface area contributed by atoms with E-state index in [4.69, 9.17) is 21.1 Å². The van der Waals surface area contributed by atoms with Gasteiger partial charge in [-0.3, -0.25) is 4.79 Å². The largest absolute Gasteiger partial charge is 0.489 e. The molecule has 5 nitrogen and oxygen atoms in total. The van der Waals surface area contributed by atoms with E-state index in [9.17, 15) is 9.59 Å². The van der Waals surface area contributed by atoms with Gasteiger partial charge < -0.3 is 14.8 Å². The summed E-state index contributed by atoms with van der Waals surface area (Å²) in [6.45, 7) is 2.37. The van der Waals surface area contributed by atoms with Crippen molar-refractivity contribution in [1.29, 1.82) is 0 Å². The van der Waals surface area contributed by atoms with Crippen LogP contribution in [0.15, 0.2) is 72.8 Å². The van der Waals surface area contributed by atoms with Crippen LogP contribution < -0.4 is 10.1 Å². The van der Waals surface area contributed by atoms with E-state index in [-0.39, 0.29) is 5.91 Å². The van der Waals surface area contributed by atoms with E-state index in [0.717, 1.165) is 5.56 Å². The number of carbonyl (C=O) groups is 2. The molecule has 3 aromatic rings. The highest BCUT2D eigenvalue weighted by Crippen LogP contribution is 2.20. The molecule has 0 aliphatic rings. The molecule has 0 spiro atoms. The predicted octanol–water partition coefficient (Wildman–Crippen LogP) is 5.35. The zero-order chi connectivity index (χ0) is 20.6. The molecule has 3 rings (SSSR count). The Morgan fingerprint density at radius 3 is 2.41 bits per heavy atom. The van der Waals surface area contributed by atoms with Crippen molar-refractivity contribution in [3.8, 4) is 5.75 Å². The molecule has 0 aromatic heterocycles. The van der Waals surface area contributed by atoms with Gasteiger partial charge in [0.25, 0.3) is 5.91 Å². The van der Waals surface area contributed by atoms with E-state index in [1.54, 1.807) is 55.5 Å². The number of esters is 1. The SMILES string of the molecule is CCOC(=O)c1cccc(NC(=O)c2ccc(OCc3ccccc3Cl)cc2)c1. The maximum Gasteiger partial charge on any atom is 0.338 e. The van der Waals surface area contributed by atoms with E-state index in [1.165, 1.54) is 0 Å². The van der Waals surface area contributed by atoms with Gasteiger partial charge in [-0.1, -0.05) is 35.9 Å². The van der Waals surface area contributed by atoms with Gasteiger partial charge in [0, 0.05) is 21.8 Å². The number of nitrogens with one attached hydrogen (secondary N) is 1. The van der Waals surface area contributed by atoms with Crippen LogP contribution in [0.1, 0.15) is 33.2 Å². The van der Waals surface area contributed by atoms with Crippen LogP contribution in [0.25, 0.3) is 0 Å². The molecular formula is C23H20ClNO4. The molecule has 0 saturated carbocycles. The molecule has 0 radical (unpaired) electrons. The van der Waals surface area contributed by atoms with E-state index in [1.807, 2.05) is 24.3 Å². The maximum absolute atomic E-state index is 12.5. The van der Waals surface area contributed by atoms with E-state index in [2.05, 4.69) is 5.32 Å². The topological polar surface area (TPSA) is 64.6 Å². The van der Waals surface area contributed by atoms with E-state index < -0.39 is 5.97 Å². The molecule has 0 unspecified atom stereocenters. The first-order chi connectivity index (χ1) is 14.1. The second-order valence-electron chi connectivity index (χ2n) is 6.16. The Morgan fingerprint density at radius 1 is 0.931 bits per heavy atom. The van der Waals surface area contributed by atoms with Crippen molar-refractivity contribution in [1.82, 2.24) is 0 Å². The highest BCUT2D eigenvalue weighted by atomic mass is 35.5. The summed E-state index contributed by atoms with van der Waals surface area (Å²) in [5.74, 6) is -0.0851. The Labute approximate surface area is 174 Å². The number of rotatable bonds is 7. The van der Waals surface area contributed by atoms with Gasteiger partial charge in [-0.25, -0.2) is 4.79 Å². The van der Waals surface area contributed by atoms with Crippen LogP contribution in [0.3, 0.4) is 0 Å². The Balaban J connectivity index is 1.61. The third-order valence-corrected chi connectivity index (χ3v) is 4.47. The van der Waals surface area contributed by atoms with Crippen LogP contribution in [0.4, 0.5) is 5.69 Å². The normalized spacial score (nSPS) is 10.3. The van der Waals surface area contributed by atoms with Crippen molar-refractivity contribution in [3.63, 3.8) is 0 Å². The molecule has 0 fully saturated rings. The number of halogens is 1. The quantitative estimate of drug-likeness (QED) is 0.534. The van der Waals surface area contributed by atoms with Crippen molar-refractivity contribution >= 4 is 29.2 Å². The number of hydrogen-bond acceptors (Lipinski definition) is 4. The third-order valence-electron chi connectivity index (χ3n) is 4.10. The summed E-state index contributed by atoms with van der Waals surface area (Å²) in [4.78, 5) is 24.3. The molecule has 1 N–H and O–H groups in total. The summed E-state index contributed by atoms with van der Waals surface area (Å²) in [6.07, 6.45) is 0. The summed E-state index contributed by atoms with van der Waals surface area (Å²) >= 11 is 6.12. The van der Waals surface area contributed by atoms with Gasteiger partial charge in [-0.15, -0.1) is 0 Å². The van der Waals surface area contributed by atoms with Gasteiger partial charge in [-0.05, 0) is 55.5 Å². The van der Waals surface area contributed by atoms with Crippen LogP contribution in [0.5, 0.6) is 5.75 Å². The first kappa shape index (κ1) is 20.4. The van der Waals surface area contributed by atoms with Gasteiger partial charge >= 0.3 is 5.97 Å². The summed E-state index contributed by atoms with van der Waals surface area (Å²) in [7, 11) is 0. The summed E-state index contributed by atoms with van der Waals surface area (Å²) in [5, 5.41) is 3.42. The van der Waals surface area contributed by atoms with Crippen LogP contribution in [0, 0.1) is 0 Å². The van der Waals surface area contributed by atoms with Crippen LogP contribution in [-0.2, 0) is 11.3 Å². The van der Waals surface area contributed by atoms with Crippen LogP contribution >= 0.6 is 11.6 Å². The lowest BCUT2D eigenvalue weighted by atomic mass is 10.1. The van der Waals surface area contributed by atoms with Crippen molar-refractivity contribution < 1.29 is 19.1 Å². The van der Waals surface area contributed by atoms with Gasteiger partial charge in [0.15, 0.2) is 0 Å². The monoisotopic (exact) mass is 409 g/mol. The fourth-order valence-electron chi connectivity index (χ4n) is 2.62. The molecule has 0 atom stereocenters. The fraction of sp³-hybridized carbons (Fsp3) is 0.130. The lowest BCUT2D eigenvalue weighted by Gasteiger charge is -2.09. The highest BCUT2D eigenvalue weighted by Gasteiger charge is 2.10. The van der Waals surface area contributed by atoms with Gasteiger partial charge in [-0.2, -0.15) is 0 Å². The molecule has 0 heterocycles. The van der Waals surface area contributed by atoms with Gasteiger partial charge in [0.05, 0.1) is 12.2 Å². The molecule has 0 bridgehead atoms. The molecule has 29 heavy (non-hydrogen) atoms. The third kappa shape index (κ3) is 5.59. The second kappa shape index (κ2) is 9.75. The number of anilines is 1. The average molecular weight is 410 g/mol. The number of amides is 1. The zero-order valence-electron chi connectivity index (χ0n) is 15.9. The van der Waals surface area contributed by atoms with Crippen LogP contribution in [0.2, 0.25) is 5.02 Å². The van der Waals surface area contributed by atoms with Crippen molar-refractivity contribution in [3.05, 3.63) is 94.5 Å². The first-order valence-electron chi connectivity index (χ1n) is 9.11. The van der Waals surface area contributed by atoms with Crippen molar-refractivity contribution in [2.24, 2.45) is 0 Å². The Bertz CT molecular complexity index is 1000. The Morgan fingerprint density at radius 2 is 1.69 bits per heavy atom. The van der Waals surface area contributed by atoms with Crippen molar-refractivity contribution in [2.75, 3.05) is 11.9 Å². The molecule has 0 aliphatic heterocycles. The van der Waals surface area contributed by atoms with Gasteiger partial charge in [0.1, 0.15) is 12.4 Å². The molecule has 3 aromatic carbocycles. The Kier molecular flexibility index (Phi) is 6.87. The standard InChI is InChI=1S/C23H20ClNO4/c1-2-28-23(27)17-7-5-8-19(14-17)25-22(26)16-10-12-20(13-11-16)29-15-18-6-3-4-9-21(18)24/h3-14H,2,15H2,1H3,(H,25,26). The molecule has 148 valence electrons.